The van der Waals surface area contributed by atoms with Crippen LogP contribution in [0, 0.1) is 6.92 Å². The van der Waals surface area contributed by atoms with E-state index >= 15 is 0 Å². The van der Waals surface area contributed by atoms with Crippen LogP contribution in [-0.2, 0) is 11.2 Å². The lowest BCUT2D eigenvalue weighted by atomic mass is 9.94. The Bertz CT molecular complexity index is 900. The van der Waals surface area contributed by atoms with Crippen LogP contribution in [-0.4, -0.2) is 43.0 Å². The first kappa shape index (κ1) is 18.1. The number of fused-ring (bicyclic) bond motifs is 1. The number of rotatable bonds is 3. The van der Waals surface area contributed by atoms with Crippen LogP contribution >= 0.6 is 11.6 Å². The Morgan fingerprint density at radius 1 is 1.26 bits per heavy atom. The Balaban J connectivity index is 1.64. The minimum Gasteiger partial charge on any atom is -0.378 e. The van der Waals surface area contributed by atoms with E-state index < -0.39 is 0 Å². The van der Waals surface area contributed by atoms with Crippen molar-refractivity contribution in [1.82, 2.24) is 4.98 Å². The van der Waals surface area contributed by atoms with Crippen LogP contribution < -0.4 is 10.2 Å². The first-order valence-electron chi connectivity index (χ1n) is 9.23. The molecule has 0 saturated carbocycles. The third kappa shape index (κ3) is 3.35. The van der Waals surface area contributed by atoms with E-state index in [0.29, 0.717) is 41.6 Å². The molecule has 1 amide bonds. The van der Waals surface area contributed by atoms with Gasteiger partial charge in [0.1, 0.15) is 5.69 Å². The highest BCUT2D eigenvalue weighted by atomic mass is 35.5. The number of H-pyrrole nitrogens is 1. The third-order valence-electron chi connectivity index (χ3n) is 5.23. The van der Waals surface area contributed by atoms with Gasteiger partial charge in [-0.25, -0.2) is 0 Å². The Kier molecular flexibility index (Phi) is 4.93. The predicted octanol–water partition coefficient (Wildman–Crippen LogP) is 3.58. The topological polar surface area (TPSA) is 74.4 Å². The molecular formula is C20H22ClN3O3. The maximum Gasteiger partial charge on any atom is 0.272 e. The fourth-order valence-electron chi connectivity index (χ4n) is 3.91. The Morgan fingerprint density at radius 2 is 2.04 bits per heavy atom. The van der Waals surface area contributed by atoms with Crippen molar-refractivity contribution in [2.75, 3.05) is 36.5 Å². The van der Waals surface area contributed by atoms with Crippen molar-refractivity contribution >= 4 is 34.7 Å². The molecule has 2 N–H and O–H groups in total. The highest BCUT2D eigenvalue weighted by molar-refractivity contribution is 6.34. The molecule has 1 saturated heterocycles. The molecule has 27 heavy (non-hydrogen) atoms. The Labute approximate surface area is 162 Å². The lowest BCUT2D eigenvalue weighted by molar-refractivity contribution is 0.0971. The summed E-state index contributed by atoms with van der Waals surface area (Å²) in [4.78, 5) is 30.5. The second kappa shape index (κ2) is 7.37. The molecular weight excluding hydrogens is 366 g/mol. The van der Waals surface area contributed by atoms with Crippen LogP contribution in [0.4, 0.5) is 11.4 Å². The van der Waals surface area contributed by atoms with Crippen LogP contribution in [0.15, 0.2) is 18.2 Å². The molecule has 1 fully saturated rings. The van der Waals surface area contributed by atoms with Gasteiger partial charge in [-0.15, -0.1) is 0 Å². The lowest BCUT2D eigenvalue weighted by Gasteiger charge is -2.31. The number of benzene rings is 1. The number of carbonyl (C=O) groups excluding carboxylic acids is 2. The molecule has 1 aliphatic carbocycles. The molecule has 142 valence electrons. The first-order chi connectivity index (χ1) is 13.1. The number of Topliss-reactive ketones (excluding diaryl/α,β-unsaturated/α-hetero) is 1. The SMILES string of the molecule is Cc1c(C(=O)Nc2cccc(Cl)c2N2CCOCC2)[nH]c2c1C(=O)CCC2. The number of ketones is 1. The summed E-state index contributed by atoms with van der Waals surface area (Å²) in [6.07, 6.45) is 2.16. The van der Waals surface area contributed by atoms with Crippen molar-refractivity contribution in [2.24, 2.45) is 0 Å². The third-order valence-corrected chi connectivity index (χ3v) is 5.53. The number of morpholine rings is 1. The molecule has 2 heterocycles. The maximum atomic E-state index is 13.0. The van der Waals surface area contributed by atoms with E-state index in [1.54, 1.807) is 0 Å². The number of aromatic nitrogens is 1. The zero-order valence-corrected chi connectivity index (χ0v) is 16.0. The van der Waals surface area contributed by atoms with Crippen LogP contribution in [0.3, 0.4) is 0 Å². The highest BCUT2D eigenvalue weighted by Gasteiger charge is 2.27. The molecule has 1 aromatic carbocycles. The minimum absolute atomic E-state index is 0.112. The molecule has 0 atom stereocenters. The fraction of sp³-hybridized carbons (Fsp3) is 0.400. The molecule has 0 bridgehead atoms. The van der Waals surface area contributed by atoms with Gasteiger partial charge in [0.25, 0.3) is 5.91 Å². The van der Waals surface area contributed by atoms with Crippen LogP contribution in [0.25, 0.3) is 0 Å². The molecule has 1 aromatic heterocycles. The molecule has 0 unspecified atom stereocenters. The minimum atomic E-state index is -0.258. The van der Waals surface area contributed by atoms with Crippen molar-refractivity contribution < 1.29 is 14.3 Å². The Hall–Kier alpha value is -2.31. The number of aromatic amines is 1. The van der Waals surface area contributed by atoms with Gasteiger partial charge in [0, 0.05) is 30.8 Å². The van der Waals surface area contributed by atoms with E-state index in [9.17, 15) is 9.59 Å². The van der Waals surface area contributed by atoms with Gasteiger partial charge in [0.05, 0.1) is 29.6 Å². The monoisotopic (exact) mass is 387 g/mol. The van der Waals surface area contributed by atoms with Gasteiger partial charge < -0.3 is 19.9 Å². The van der Waals surface area contributed by atoms with Gasteiger partial charge in [0.15, 0.2) is 5.78 Å². The lowest BCUT2D eigenvalue weighted by Crippen LogP contribution is -2.37. The Morgan fingerprint density at radius 3 is 2.78 bits per heavy atom. The molecule has 2 aliphatic rings. The molecule has 4 rings (SSSR count). The fourth-order valence-corrected chi connectivity index (χ4v) is 4.20. The summed E-state index contributed by atoms with van der Waals surface area (Å²) >= 11 is 6.44. The molecule has 2 aromatic rings. The molecule has 0 radical (unpaired) electrons. The average Bonchev–Trinajstić information content (AvgIpc) is 3.01. The van der Waals surface area contributed by atoms with Crippen LogP contribution in [0.2, 0.25) is 5.02 Å². The van der Waals surface area contributed by atoms with E-state index in [-0.39, 0.29) is 11.7 Å². The maximum absolute atomic E-state index is 13.0. The molecule has 0 spiro atoms. The largest absolute Gasteiger partial charge is 0.378 e. The number of ether oxygens (including phenoxy) is 1. The summed E-state index contributed by atoms with van der Waals surface area (Å²) < 4.78 is 5.41. The quantitative estimate of drug-likeness (QED) is 0.844. The smallest absolute Gasteiger partial charge is 0.272 e. The van der Waals surface area contributed by atoms with Crippen molar-refractivity contribution in [3.63, 3.8) is 0 Å². The van der Waals surface area contributed by atoms with Gasteiger partial charge in [-0.1, -0.05) is 17.7 Å². The second-order valence-electron chi connectivity index (χ2n) is 6.94. The number of hydrogen-bond donors (Lipinski definition) is 2. The van der Waals surface area contributed by atoms with Crippen molar-refractivity contribution in [3.8, 4) is 0 Å². The van der Waals surface area contributed by atoms with Gasteiger partial charge in [0.2, 0.25) is 0 Å². The average molecular weight is 388 g/mol. The number of hydrogen-bond acceptors (Lipinski definition) is 4. The van der Waals surface area contributed by atoms with Crippen molar-refractivity contribution in [1.29, 1.82) is 0 Å². The van der Waals surface area contributed by atoms with E-state index in [1.807, 2.05) is 25.1 Å². The van der Waals surface area contributed by atoms with Crippen LogP contribution in [0.5, 0.6) is 0 Å². The predicted molar refractivity (Wildman–Crippen MR) is 105 cm³/mol. The van der Waals surface area contributed by atoms with E-state index in [1.165, 1.54) is 0 Å². The molecule has 6 nitrogen and oxygen atoms in total. The second-order valence-corrected chi connectivity index (χ2v) is 7.35. The number of para-hydroxylation sites is 1. The number of nitrogens with zero attached hydrogens (tertiary/aromatic N) is 1. The summed E-state index contributed by atoms with van der Waals surface area (Å²) in [6.45, 7) is 4.52. The normalized spacial score (nSPS) is 17.0. The van der Waals surface area contributed by atoms with Gasteiger partial charge >= 0.3 is 0 Å². The zero-order chi connectivity index (χ0) is 19.0. The summed E-state index contributed by atoms with van der Waals surface area (Å²) in [5, 5.41) is 3.57. The highest BCUT2D eigenvalue weighted by Crippen LogP contribution is 2.35. The number of nitrogens with one attached hydrogen (secondary N) is 2. The zero-order valence-electron chi connectivity index (χ0n) is 15.2. The first-order valence-corrected chi connectivity index (χ1v) is 9.61. The van der Waals surface area contributed by atoms with E-state index in [4.69, 9.17) is 16.3 Å². The number of anilines is 2. The summed E-state index contributed by atoms with van der Waals surface area (Å²) in [5.41, 5.74) is 4.19. The number of amides is 1. The van der Waals surface area contributed by atoms with Crippen molar-refractivity contribution in [3.05, 3.63) is 45.7 Å². The number of carbonyl (C=O) groups is 2. The van der Waals surface area contributed by atoms with Crippen molar-refractivity contribution in [2.45, 2.75) is 26.2 Å². The van der Waals surface area contributed by atoms with Crippen LogP contribution in [0.1, 0.15) is 44.9 Å². The van der Waals surface area contributed by atoms with E-state index in [2.05, 4.69) is 15.2 Å². The van der Waals surface area contributed by atoms with E-state index in [0.717, 1.165) is 42.9 Å². The number of halogens is 1. The standard InChI is InChI=1S/C20H22ClN3O3/c1-12-17-14(5-3-7-16(17)25)22-18(12)20(26)23-15-6-2-4-13(21)19(15)24-8-10-27-11-9-24/h2,4,6,22H,3,5,7-11H2,1H3,(H,23,26). The summed E-state index contributed by atoms with van der Waals surface area (Å²) in [6, 6.07) is 5.48. The van der Waals surface area contributed by atoms with Gasteiger partial charge in [-0.2, -0.15) is 0 Å². The molecule has 7 heteroatoms. The summed E-state index contributed by atoms with van der Waals surface area (Å²) in [7, 11) is 0. The summed E-state index contributed by atoms with van der Waals surface area (Å²) in [5.74, 6) is -0.146. The van der Waals surface area contributed by atoms with Gasteiger partial charge in [-0.3, -0.25) is 9.59 Å². The van der Waals surface area contributed by atoms with Gasteiger partial charge in [-0.05, 0) is 37.5 Å². The number of aryl methyl sites for hydroxylation is 1. The molecule has 1 aliphatic heterocycles.